The van der Waals surface area contributed by atoms with E-state index in [4.69, 9.17) is 15.2 Å². The number of hydrogen-bond acceptors (Lipinski definition) is 4. The SMILES string of the molecule is COCCC1(CNC(=O)CC(CN)OC)CCC1.Cl. The molecule has 0 aliphatic heterocycles. The van der Waals surface area contributed by atoms with Crippen LogP contribution in [-0.4, -0.2) is 45.9 Å². The smallest absolute Gasteiger partial charge is 0.222 e. The van der Waals surface area contributed by atoms with Crippen molar-refractivity contribution in [3.05, 3.63) is 0 Å². The molecule has 1 aliphatic rings. The summed E-state index contributed by atoms with van der Waals surface area (Å²) in [5.41, 5.74) is 5.76. The molecule has 0 aromatic carbocycles. The highest BCUT2D eigenvalue weighted by molar-refractivity contribution is 5.85. The molecule has 3 N–H and O–H groups in total. The van der Waals surface area contributed by atoms with Gasteiger partial charge in [-0.15, -0.1) is 12.4 Å². The average molecular weight is 295 g/mol. The molecule has 0 aromatic rings. The van der Waals surface area contributed by atoms with Gasteiger partial charge in [-0.05, 0) is 24.7 Å². The van der Waals surface area contributed by atoms with E-state index >= 15 is 0 Å². The Morgan fingerprint density at radius 2 is 2.11 bits per heavy atom. The van der Waals surface area contributed by atoms with E-state index in [-0.39, 0.29) is 29.8 Å². The van der Waals surface area contributed by atoms with E-state index in [1.807, 2.05) is 0 Å². The molecule has 6 heteroatoms. The molecule has 1 amide bonds. The Kier molecular flexibility index (Phi) is 9.35. The third kappa shape index (κ3) is 6.08. The first-order valence-corrected chi connectivity index (χ1v) is 6.64. The zero-order valence-corrected chi connectivity index (χ0v) is 12.8. The van der Waals surface area contributed by atoms with Gasteiger partial charge in [0.15, 0.2) is 0 Å². The van der Waals surface area contributed by atoms with Crippen LogP contribution in [0.15, 0.2) is 0 Å². The molecule has 1 atom stereocenters. The Labute approximate surface area is 122 Å². The van der Waals surface area contributed by atoms with Crippen LogP contribution in [0.4, 0.5) is 0 Å². The van der Waals surface area contributed by atoms with E-state index in [9.17, 15) is 4.79 Å². The average Bonchev–Trinajstić information content (AvgIpc) is 2.34. The number of rotatable bonds is 9. The van der Waals surface area contributed by atoms with Gasteiger partial charge in [0.1, 0.15) is 0 Å². The lowest BCUT2D eigenvalue weighted by Gasteiger charge is -2.42. The van der Waals surface area contributed by atoms with Gasteiger partial charge < -0.3 is 20.5 Å². The maximum absolute atomic E-state index is 11.8. The van der Waals surface area contributed by atoms with E-state index < -0.39 is 0 Å². The maximum Gasteiger partial charge on any atom is 0.222 e. The summed E-state index contributed by atoms with van der Waals surface area (Å²) in [6.45, 7) is 1.88. The highest BCUT2D eigenvalue weighted by atomic mass is 35.5. The molecule has 114 valence electrons. The van der Waals surface area contributed by atoms with Crippen molar-refractivity contribution in [3.63, 3.8) is 0 Å². The minimum atomic E-state index is -0.179. The van der Waals surface area contributed by atoms with Crippen LogP contribution in [0.3, 0.4) is 0 Å². The number of nitrogens with one attached hydrogen (secondary N) is 1. The summed E-state index contributed by atoms with van der Waals surface area (Å²) in [5.74, 6) is 0.0241. The Hall–Kier alpha value is -0.360. The van der Waals surface area contributed by atoms with Crippen LogP contribution >= 0.6 is 12.4 Å². The Bertz CT molecular complexity index is 256. The molecule has 1 rings (SSSR count). The molecular weight excluding hydrogens is 268 g/mol. The number of halogens is 1. The number of hydrogen-bond donors (Lipinski definition) is 2. The van der Waals surface area contributed by atoms with Crippen molar-refractivity contribution in [1.29, 1.82) is 0 Å². The highest BCUT2D eigenvalue weighted by Crippen LogP contribution is 2.43. The van der Waals surface area contributed by atoms with Crippen LogP contribution in [0.1, 0.15) is 32.1 Å². The topological polar surface area (TPSA) is 73.6 Å². The third-order valence-corrected chi connectivity index (χ3v) is 3.92. The first kappa shape index (κ1) is 18.6. The van der Waals surface area contributed by atoms with Crippen molar-refractivity contribution in [2.45, 2.75) is 38.2 Å². The van der Waals surface area contributed by atoms with E-state index in [0.29, 0.717) is 13.0 Å². The lowest BCUT2D eigenvalue weighted by Crippen LogP contribution is -2.44. The summed E-state index contributed by atoms with van der Waals surface area (Å²) in [6.07, 6.45) is 4.80. The maximum atomic E-state index is 11.8. The first-order chi connectivity index (χ1) is 8.65. The zero-order chi connectivity index (χ0) is 13.4. The Morgan fingerprint density at radius 1 is 1.42 bits per heavy atom. The second-order valence-corrected chi connectivity index (χ2v) is 5.17. The molecule has 0 bridgehead atoms. The fraction of sp³-hybridized carbons (Fsp3) is 0.923. The van der Waals surface area contributed by atoms with Crippen LogP contribution in [0.2, 0.25) is 0 Å². The van der Waals surface area contributed by atoms with Crippen molar-refractivity contribution >= 4 is 18.3 Å². The van der Waals surface area contributed by atoms with E-state index in [1.165, 1.54) is 19.3 Å². The fourth-order valence-electron chi connectivity index (χ4n) is 2.34. The molecule has 0 radical (unpaired) electrons. The molecule has 0 saturated heterocycles. The van der Waals surface area contributed by atoms with Gasteiger partial charge in [0.2, 0.25) is 5.91 Å². The van der Waals surface area contributed by atoms with Crippen LogP contribution in [0.25, 0.3) is 0 Å². The van der Waals surface area contributed by atoms with Gasteiger partial charge in [0.05, 0.1) is 12.5 Å². The normalized spacial score (nSPS) is 18.1. The molecule has 19 heavy (non-hydrogen) atoms. The van der Waals surface area contributed by atoms with Crippen molar-refractivity contribution in [2.75, 3.05) is 33.9 Å². The summed E-state index contributed by atoms with van der Waals surface area (Å²) in [7, 11) is 3.30. The van der Waals surface area contributed by atoms with Gasteiger partial charge in [-0.2, -0.15) is 0 Å². The van der Waals surface area contributed by atoms with Crippen molar-refractivity contribution < 1.29 is 14.3 Å². The third-order valence-electron chi connectivity index (χ3n) is 3.92. The Morgan fingerprint density at radius 3 is 2.53 bits per heavy atom. The van der Waals surface area contributed by atoms with Gasteiger partial charge in [0.25, 0.3) is 0 Å². The van der Waals surface area contributed by atoms with Crippen molar-refractivity contribution in [1.82, 2.24) is 5.32 Å². The predicted octanol–water partition coefficient (Wildman–Crippen LogP) is 1.09. The monoisotopic (exact) mass is 294 g/mol. The summed E-state index contributed by atoms with van der Waals surface area (Å²) in [4.78, 5) is 11.8. The molecule has 1 fully saturated rings. The fourth-order valence-corrected chi connectivity index (χ4v) is 2.34. The molecule has 1 aliphatic carbocycles. The van der Waals surface area contributed by atoms with Gasteiger partial charge in [-0.3, -0.25) is 4.79 Å². The quantitative estimate of drug-likeness (QED) is 0.668. The molecule has 0 aromatic heterocycles. The summed E-state index contributed by atoms with van der Waals surface area (Å²) in [6, 6.07) is 0. The largest absolute Gasteiger partial charge is 0.385 e. The number of methoxy groups -OCH3 is 2. The molecule has 0 spiro atoms. The second-order valence-electron chi connectivity index (χ2n) is 5.17. The minimum Gasteiger partial charge on any atom is -0.385 e. The number of ether oxygens (including phenoxy) is 2. The van der Waals surface area contributed by atoms with E-state index in [1.54, 1.807) is 14.2 Å². The van der Waals surface area contributed by atoms with Crippen LogP contribution in [-0.2, 0) is 14.3 Å². The molecule has 1 unspecified atom stereocenters. The minimum absolute atomic E-state index is 0. The lowest BCUT2D eigenvalue weighted by atomic mass is 9.66. The number of carbonyl (C=O) groups excluding carboxylic acids is 1. The van der Waals surface area contributed by atoms with Gasteiger partial charge >= 0.3 is 0 Å². The standard InChI is InChI=1S/C13H26N2O3.ClH/c1-17-7-6-13(4-3-5-13)10-15-12(16)8-11(9-14)18-2;/h11H,3-10,14H2,1-2H3,(H,15,16);1H. The van der Waals surface area contributed by atoms with Crippen molar-refractivity contribution in [3.8, 4) is 0 Å². The van der Waals surface area contributed by atoms with Gasteiger partial charge in [-0.25, -0.2) is 0 Å². The van der Waals surface area contributed by atoms with E-state index in [2.05, 4.69) is 5.32 Å². The summed E-state index contributed by atoms with van der Waals surface area (Å²) >= 11 is 0. The van der Waals surface area contributed by atoms with Gasteiger partial charge in [0, 0.05) is 33.9 Å². The van der Waals surface area contributed by atoms with Crippen LogP contribution < -0.4 is 11.1 Å². The van der Waals surface area contributed by atoms with E-state index in [0.717, 1.165) is 19.6 Å². The van der Waals surface area contributed by atoms with Crippen LogP contribution in [0, 0.1) is 5.41 Å². The Balaban J connectivity index is 0.00000324. The van der Waals surface area contributed by atoms with Crippen LogP contribution in [0.5, 0.6) is 0 Å². The van der Waals surface area contributed by atoms with Gasteiger partial charge in [-0.1, -0.05) is 6.42 Å². The second kappa shape index (κ2) is 9.53. The highest BCUT2D eigenvalue weighted by Gasteiger charge is 2.36. The number of nitrogens with two attached hydrogens (primary N) is 1. The molecule has 1 saturated carbocycles. The first-order valence-electron chi connectivity index (χ1n) is 6.64. The zero-order valence-electron chi connectivity index (χ0n) is 11.9. The molecular formula is C13H27ClN2O3. The predicted molar refractivity (Wildman–Crippen MR) is 77.5 cm³/mol. The number of carbonyl (C=O) groups is 1. The summed E-state index contributed by atoms with van der Waals surface area (Å²) < 4.78 is 10.2. The molecule has 5 nitrogen and oxygen atoms in total. The van der Waals surface area contributed by atoms with Crippen molar-refractivity contribution in [2.24, 2.45) is 11.1 Å². The summed E-state index contributed by atoms with van der Waals surface area (Å²) in [5, 5.41) is 3.00. The number of amides is 1. The lowest BCUT2D eigenvalue weighted by molar-refractivity contribution is -0.124. The molecule has 0 heterocycles.